The maximum atomic E-state index is 4.95. The Morgan fingerprint density at radius 1 is 1.29 bits per heavy atom. The van der Waals surface area contributed by atoms with Gasteiger partial charge in [-0.25, -0.2) is 0 Å². The number of hydrogen-bond acceptors (Lipinski definition) is 6. The third-order valence-corrected chi connectivity index (χ3v) is 0.887. The first kappa shape index (κ1) is 20.4. The second-order valence-corrected chi connectivity index (χ2v) is 3.75. The normalized spacial score (nSPS) is 7.50. The molecule has 0 aromatic carbocycles. The van der Waals surface area contributed by atoms with Crippen LogP contribution in [0.15, 0.2) is 0 Å². The quantitative estimate of drug-likeness (QED) is 0.327. The van der Waals surface area contributed by atoms with Crippen LogP contribution in [0.25, 0.3) is 0 Å². The van der Waals surface area contributed by atoms with Crippen molar-refractivity contribution in [2.45, 2.75) is 6.92 Å². The van der Waals surface area contributed by atoms with Crippen molar-refractivity contribution < 1.29 is 9.47 Å². The van der Waals surface area contributed by atoms with Crippen LogP contribution in [0.4, 0.5) is 0 Å². The molecule has 0 aromatic heterocycles. The fraction of sp³-hybridized carbons (Fsp3) is 0.667. The minimum Gasteiger partial charge on any atom is -0.511 e. The van der Waals surface area contributed by atoms with Crippen molar-refractivity contribution in [2.24, 2.45) is 5.73 Å². The molecule has 0 rings (SSSR count). The van der Waals surface area contributed by atoms with Gasteiger partial charge in [0.15, 0.2) is 0 Å². The van der Waals surface area contributed by atoms with Crippen LogP contribution in [0.1, 0.15) is 6.92 Å². The monoisotopic (exact) mass is 377 g/mol. The van der Waals surface area contributed by atoms with E-state index in [9.17, 15) is 0 Å². The van der Waals surface area contributed by atoms with Crippen LogP contribution in [0.3, 0.4) is 0 Å². The fourth-order valence-corrected chi connectivity index (χ4v) is 0.495. The Balaban J connectivity index is -0.000000209. The maximum Gasteiger partial charge on any atom is 2.00 e. The summed E-state index contributed by atoms with van der Waals surface area (Å²) in [6.45, 7) is 3.66. The summed E-state index contributed by atoms with van der Waals surface area (Å²) in [5.74, 6) is 0. The van der Waals surface area contributed by atoms with E-state index >= 15 is 0 Å². The molecule has 0 unspecified atom stereocenters. The van der Waals surface area contributed by atoms with Crippen molar-refractivity contribution in [3.8, 4) is 0 Å². The summed E-state index contributed by atoms with van der Waals surface area (Å²) < 4.78 is 9.96. The fourth-order valence-electron chi connectivity index (χ4n) is 0.328. The number of thiocarbonyl (C=S) groups is 2. The summed E-state index contributed by atoms with van der Waals surface area (Å²) in [6.07, 6.45) is 0. The molecule has 0 aromatic rings. The molecule has 0 amide bonds. The largest absolute Gasteiger partial charge is 2.00 e. The van der Waals surface area contributed by atoms with Gasteiger partial charge in [0.2, 0.25) is 0 Å². The molecule has 0 atom stereocenters. The van der Waals surface area contributed by atoms with E-state index in [1.54, 1.807) is 0 Å². The smallest absolute Gasteiger partial charge is 0.511 e. The van der Waals surface area contributed by atoms with Crippen LogP contribution < -0.4 is 5.73 Å². The van der Waals surface area contributed by atoms with Crippen LogP contribution in [-0.2, 0) is 34.7 Å². The average Bonchev–Trinajstić information content (AvgIpc) is 1.97. The van der Waals surface area contributed by atoms with E-state index in [1.165, 1.54) is 0 Å². The maximum absolute atomic E-state index is 4.95. The number of nitrogens with two attached hydrogens (primary N) is 1. The molecular formula is C6H11NO2S4Sn. The molecule has 80 valence electrons. The van der Waals surface area contributed by atoms with Gasteiger partial charge in [-0.2, -0.15) is 0 Å². The van der Waals surface area contributed by atoms with Crippen molar-refractivity contribution >= 4 is 82.3 Å². The molecule has 0 spiro atoms. The molecule has 0 fully saturated rings. The minimum atomic E-state index is 0. The van der Waals surface area contributed by atoms with E-state index in [0.29, 0.717) is 19.8 Å². The molecule has 0 saturated carbocycles. The van der Waals surface area contributed by atoms with E-state index in [4.69, 9.17) is 9.47 Å². The molecular weight excluding hydrogens is 365 g/mol. The average molecular weight is 376 g/mol. The molecule has 0 aliphatic heterocycles. The van der Waals surface area contributed by atoms with Gasteiger partial charge in [-0.1, -0.05) is 4.32 Å². The Morgan fingerprint density at radius 2 is 1.71 bits per heavy atom. The van der Waals surface area contributed by atoms with Crippen LogP contribution in [-0.4, -0.2) is 52.4 Å². The number of ether oxygens (including phenoxy) is 2. The van der Waals surface area contributed by atoms with E-state index < -0.39 is 0 Å². The van der Waals surface area contributed by atoms with Gasteiger partial charge in [-0.3, -0.25) is 0 Å². The molecule has 0 aliphatic rings. The summed E-state index contributed by atoms with van der Waals surface area (Å²) in [7, 11) is 0. The van der Waals surface area contributed by atoms with E-state index in [0.717, 1.165) is 0 Å². The topological polar surface area (TPSA) is 44.5 Å². The predicted molar refractivity (Wildman–Crippen MR) is 72.3 cm³/mol. The van der Waals surface area contributed by atoms with Gasteiger partial charge in [0.05, 0.1) is 6.61 Å². The SMILES string of the molecule is CCOCCOC(=S)[S-].NC(=S)[S-].[Sn+2]. The van der Waals surface area contributed by atoms with Crippen molar-refractivity contribution in [2.75, 3.05) is 19.8 Å². The van der Waals surface area contributed by atoms with Crippen molar-refractivity contribution in [3.05, 3.63) is 0 Å². The first-order valence-corrected chi connectivity index (χ1v) is 5.02. The molecule has 0 heterocycles. The van der Waals surface area contributed by atoms with Gasteiger partial charge in [-0.05, 0) is 6.92 Å². The molecule has 2 radical (unpaired) electrons. The zero-order valence-corrected chi connectivity index (χ0v) is 13.8. The molecule has 3 nitrogen and oxygen atoms in total. The Labute approximate surface area is 123 Å². The Morgan fingerprint density at radius 3 is 2.00 bits per heavy atom. The third kappa shape index (κ3) is 38.2. The molecule has 0 bridgehead atoms. The summed E-state index contributed by atoms with van der Waals surface area (Å²) in [4.78, 5) is 0. The Hall–Kier alpha value is 0.979. The first-order chi connectivity index (χ1) is 6.00. The van der Waals surface area contributed by atoms with Crippen LogP contribution in [0.5, 0.6) is 0 Å². The standard InChI is InChI=1S/C5H10O2S2.CH3NS2.Sn/c1-2-6-3-4-7-5(8)9;2-1(3)4;/h2-4H2,1H3,(H,8,9);(H3,2,3,4);/q;;+2/p-2. The van der Waals surface area contributed by atoms with Crippen LogP contribution in [0.2, 0.25) is 0 Å². The second-order valence-electron chi connectivity index (χ2n) is 1.61. The van der Waals surface area contributed by atoms with Gasteiger partial charge < -0.3 is 64.9 Å². The summed E-state index contributed by atoms with van der Waals surface area (Å²) in [6, 6.07) is 0. The van der Waals surface area contributed by atoms with Gasteiger partial charge in [0, 0.05) is 11.0 Å². The Bertz CT molecular complexity index is 155. The number of hydrogen-bond donors (Lipinski definition) is 1. The third-order valence-electron chi connectivity index (χ3n) is 0.652. The number of rotatable bonds is 4. The first-order valence-electron chi connectivity index (χ1n) is 3.38. The van der Waals surface area contributed by atoms with Crippen LogP contribution >= 0.6 is 24.4 Å². The summed E-state index contributed by atoms with van der Waals surface area (Å²) in [5, 5.41) is 0. The molecule has 2 N–H and O–H groups in total. The van der Waals surface area contributed by atoms with Gasteiger partial charge in [0.1, 0.15) is 6.61 Å². The van der Waals surface area contributed by atoms with Crippen molar-refractivity contribution in [3.63, 3.8) is 0 Å². The molecule has 14 heavy (non-hydrogen) atoms. The molecule has 0 aliphatic carbocycles. The van der Waals surface area contributed by atoms with E-state index in [2.05, 4.69) is 55.4 Å². The van der Waals surface area contributed by atoms with Gasteiger partial charge in [0.25, 0.3) is 0 Å². The van der Waals surface area contributed by atoms with Gasteiger partial charge in [-0.15, -0.1) is 0 Å². The summed E-state index contributed by atoms with van der Waals surface area (Å²) >= 11 is 17.2. The van der Waals surface area contributed by atoms with Crippen molar-refractivity contribution in [1.29, 1.82) is 0 Å². The minimum absolute atomic E-state index is 0. The van der Waals surface area contributed by atoms with Crippen molar-refractivity contribution in [1.82, 2.24) is 0 Å². The zero-order chi connectivity index (χ0) is 10.7. The second kappa shape index (κ2) is 16.4. The van der Waals surface area contributed by atoms with E-state index in [1.807, 2.05) is 6.92 Å². The van der Waals surface area contributed by atoms with E-state index in [-0.39, 0.29) is 32.6 Å². The van der Waals surface area contributed by atoms with Gasteiger partial charge >= 0.3 is 23.9 Å². The van der Waals surface area contributed by atoms with Crippen LogP contribution in [0, 0.1) is 0 Å². The predicted octanol–water partition coefficient (Wildman–Crippen LogP) is 0.267. The zero-order valence-electron chi connectivity index (χ0n) is 7.65. The molecule has 8 heteroatoms. The Kier molecular flexibility index (Phi) is 23.9. The summed E-state index contributed by atoms with van der Waals surface area (Å²) in [5.41, 5.74) is 4.66. The molecule has 0 saturated heterocycles.